The van der Waals surface area contributed by atoms with E-state index in [1.165, 1.54) is 16.7 Å². The van der Waals surface area contributed by atoms with Crippen LogP contribution in [0.15, 0.2) is 54.6 Å². The van der Waals surface area contributed by atoms with Crippen molar-refractivity contribution in [2.45, 2.75) is 20.5 Å². The molecule has 0 saturated heterocycles. The molecule has 0 atom stereocenters. The maximum absolute atomic E-state index is 4.93. The molecule has 2 aromatic rings. The minimum absolute atomic E-state index is 0.709. The summed E-state index contributed by atoms with van der Waals surface area (Å²) in [6.45, 7) is 4.95. The average Bonchev–Trinajstić information content (AvgIpc) is 2.36. The normalized spacial score (nSPS) is 9.35. The third-order valence-corrected chi connectivity index (χ3v) is 2.58. The predicted octanol–water partition coefficient (Wildman–Crippen LogP) is 4.14. The van der Waals surface area contributed by atoms with E-state index in [4.69, 9.17) is 4.74 Å². The van der Waals surface area contributed by atoms with Crippen LogP contribution in [0.5, 0.6) is 0 Å². The van der Waals surface area contributed by atoms with Gasteiger partial charge in [0.25, 0.3) is 0 Å². The van der Waals surface area contributed by atoms with Crippen LogP contribution in [-0.4, -0.2) is 7.11 Å². The smallest absolute Gasteiger partial charge is 0.0713 e. The van der Waals surface area contributed by atoms with Crippen LogP contribution in [-0.2, 0) is 11.3 Å². The van der Waals surface area contributed by atoms with E-state index in [-0.39, 0.29) is 0 Å². The van der Waals surface area contributed by atoms with Crippen LogP contribution in [0.2, 0.25) is 0 Å². The fraction of sp³-hybridized carbons (Fsp3) is 0.250. The largest absolute Gasteiger partial charge is 0.380 e. The number of hydrogen-bond donors (Lipinski definition) is 0. The van der Waals surface area contributed by atoms with E-state index in [2.05, 4.69) is 38.1 Å². The molecule has 0 aliphatic heterocycles. The third-order valence-electron chi connectivity index (χ3n) is 2.58. The van der Waals surface area contributed by atoms with Gasteiger partial charge in [0.2, 0.25) is 0 Å². The highest BCUT2D eigenvalue weighted by molar-refractivity contribution is 5.23. The molecular formula is C16H20O. The summed E-state index contributed by atoms with van der Waals surface area (Å²) >= 11 is 0. The van der Waals surface area contributed by atoms with Crippen molar-refractivity contribution in [2.24, 2.45) is 0 Å². The van der Waals surface area contributed by atoms with Gasteiger partial charge in [-0.15, -0.1) is 0 Å². The summed E-state index contributed by atoms with van der Waals surface area (Å²) in [6, 6.07) is 18.5. The van der Waals surface area contributed by atoms with Crippen LogP contribution in [0.1, 0.15) is 16.7 Å². The Morgan fingerprint density at radius 2 is 1.24 bits per heavy atom. The highest BCUT2D eigenvalue weighted by atomic mass is 16.5. The van der Waals surface area contributed by atoms with Crippen LogP contribution in [0, 0.1) is 13.8 Å². The molecule has 0 fully saturated rings. The van der Waals surface area contributed by atoms with Gasteiger partial charge in [0.05, 0.1) is 6.61 Å². The maximum Gasteiger partial charge on any atom is 0.0713 e. The Labute approximate surface area is 104 Å². The van der Waals surface area contributed by atoms with E-state index in [0.29, 0.717) is 6.61 Å². The van der Waals surface area contributed by atoms with E-state index in [1.54, 1.807) is 7.11 Å². The summed E-state index contributed by atoms with van der Waals surface area (Å²) in [5.74, 6) is 0. The van der Waals surface area contributed by atoms with E-state index < -0.39 is 0 Å². The lowest BCUT2D eigenvalue weighted by Crippen LogP contribution is -1.84. The molecule has 1 heteroatoms. The number of rotatable bonds is 2. The summed E-state index contributed by atoms with van der Waals surface area (Å²) in [6.07, 6.45) is 0. The molecule has 0 heterocycles. The minimum Gasteiger partial charge on any atom is -0.380 e. The zero-order chi connectivity index (χ0) is 12.5. The second-order valence-electron chi connectivity index (χ2n) is 4.00. The lowest BCUT2D eigenvalue weighted by molar-refractivity contribution is 0.185. The van der Waals surface area contributed by atoms with Gasteiger partial charge < -0.3 is 4.74 Å². The Morgan fingerprint density at radius 3 is 1.65 bits per heavy atom. The molecule has 0 N–H and O–H groups in total. The molecule has 0 spiro atoms. The molecule has 0 aliphatic rings. The Kier molecular flexibility index (Phi) is 6.05. The molecule has 0 aliphatic carbocycles. The van der Waals surface area contributed by atoms with Crippen molar-refractivity contribution in [1.29, 1.82) is 0 Å². The minimum atomic E-state index is 0.709. The van der Waals surface area contributed by atoms with Crippen LogP contribution in [0.25, 0.3) is 0 Å². The summed E-state index contributed by atoms with van der Waals surface area (Å²) in [4.78, 5) is 0. The second kappa shape index (κ2) is 7.64. The van der Waals surface area contributed by atoms with E-state index in [0.717, 1.165) is 0 Å². The first-order chi connectivity index (χ1) is 8.24. The number of hydrogen-bond acceptors (Lipinski definition) is 1. The van der Waals surface area contributed by atoms with Crippen molar-refractivity contribution < 1.29 is 4.74 Å². The van der Waals surface area contributed by atoms with Crippen molar-refractivity contribution in [1.82, 2.24) is 0 Å². The first-order valence-corrected chi connectivity index (χ1v) is 5.79. The molecule has 90 valence electrons. The van der Waals surface area contributed by atoms with Gasteiger partial charge in [0.15, 0.2) is 0 Å². The lowest BCUT2D eigenvalue weighted by Gasteiger charge is -1.95. The second-order valence-corrected chi connectivity index (χ2v) is 4.00. The summed E-state index contributed by atoms with van der Waals surface area (Å²) in [5, 5.41) is 0. The van der Waals surface area contributed by atoms with Gasteiger partial charge in [-0.25, -0.2) is 0 Å². The molecule has 1 nitrogen and oxygen atoms in total. The van der Waals surface area contributed by atoms with Gasteiger partial charge in [-0.1, -0.05) is 54.6 Å². The zero-order valence-electron chi connectivity index (χ0n) is 10.8. The van der Waals surface area contributed by atoms with Gasteiger partial charge in [0, 0.05) is 7.11 Å². The topological polar surface area (TPSA) is 9.23 Å². The maximum atomic E-state index is 4.93. The number of benzene rings is 2. The first kappa shape index (κ1) is 13.5. The molecule has 0 aromatic heterocycles. The Hall–Kier alpha value is -1.60. The number of ether oxygens (including phenoxy) is 1. The molecule has 2 aromatic carbocycles. The molecule has 0 saturated carbocycles. The van der Waals surface area contributed by atoms with Crippen LogP contribution in [0.4, 0.5) is 0 Å². The van der Waals surface area contributed by atoms with Gasteiger partial charge in [-0.3, -0.25) is 0 Å². The van der Waals surface area contributed by atoms with Crippen molar-refractivity contribution in [2.75, 3.05) is 7.11 Å². The fourth-order valence-corrected chi connectivity index (χ4v) is 1.40. The first-order valence-electron chi connectivity index (χ1n) is 5.79. The molecule has 2 rings (SSSR count). The van der Waals surface area contributed by atoms with E-state index in [9.17, 15) is 0 Å². The molecular weight excluding hydrogens is 208 g/mol. The van der Waals surface area contributed by atoms with Crippen LogP contribution in [0.3, 0.4) is 0 Å². The van der Waals surface area contributed by atoms with Crippen molar-refractivity contribution in [3.05, 3.63) is 71.3 Å². The SMILES string of the molecule is COCc1ccccc1.Cc1ccccc1C. The number of methoxy groups -OCH3 is 1. The van der Waals surface area contributed by atoms with Crippen molar-refractivity contribution in [3.8, 4) is 0 Å². The third kappa shape index (κ3) is 5.32. The standard InChI is InChI=1S/C8H10O.C8H10/c1-9-7-8-5-3-2-4-6-8;1-7-5-3-4-6-8(7)2/h2-6H,7H2,1H3;3-6H,1-2H3. The van der Waals surface area contributed by atoms with Crippen molar-refractivity contribution in [3.63, 3.8) is 0 Å². The highest BCUT2D eigenvalue weighted by Gasteiger charge is 1.85. The molecule has 0 bridgehead atoms. The lowest BCUT2D eigenvalue weighted by atomic mass is 10.1. The molecule has 17 heavy (non-hydrogen) atoms. The molecule has 0 unspecified atom stereocenters. The summed E-state index contributed by atoms with van der Waals surface area (Å²) in [5.41, 5.74) is 3.96. The Balaban J connectivity index is 0.000000171. The van der Waals surface area contributed by atoms with Gasteiger partial charge in [-0.2, -0.15) is 0 Å². The molecule has 0 radical (unpaired) electrons. The predicted molar refractivity (Wildman–Crippen MR) is 73.1 cm³/mol. The summed E-state index contributed by atoms with van der Waals surface area (Å²) in [7, 11) is 1.70. The van der Waals surface area contributed by atoms with Crippen molar-refractivity contribution >= 4 is 0 Å². The van der Waals surface area contributed by atoms with Crippen LogP contribution < -0.4 is 0 Å². The monoisotopic (exact) mass is 228 g/mol. The van der Waals surface area contributed by atoms with Crippen LogP contribution >= 0.6 is 0 Å². The van der Waals surface area contributed by atoms with E-state index in [1.807, 2.05) is 30.3 Å². The highest BCUT2D eigenvalue weighted by Crippen LogP contribution is 2.02. The van der Waals surface area contributed by atoms with Gasteiger partial charge >= 0.3 is 0 Å². The Bertz CT molecular complexity index is 400. The fourth-order valence-electron chi connectivity index (χ4n) is 1.40. The zero-order valence-corrected chi connectivity index (χ0v) is 10.8. The van der Waals surface area contributed by atoms with Gasteiger partial charge in [-0.05, 0) is 30.5 Å². The molecule has 0 amide bonds. The van der Waals surface area contributed by atoms with Gasteiger partial charge in [0.1, 0.15) is 0 Å². The Morgan fingerprint density at radius 1 is 0.765 bits per heavy atom. The number of aryl methyl sites for hydroxylation is 2. The quantitative estimate of drug-likeness (QED) is 0.750. The summed E-state index contributed by atoms with van der Waals surface area (Å²) < 4.78 is 4.93. The van der Waals surface area contributed by atoms with E-state index >= 15 is 0 Å². The average molecular weight is 228 g/mol.